The van der Waals surface area contributed by atoms with Crippen molar-refractivity contribution in [1.82, 2.24) is 25.5 Å². The largest absolute Gasteiger partial charge is 0.346 e. The van der Waals surface area contributed by atoms with Gasteiger partial charge in [0, 0.05) is 10.4 Å². The number of carbonyl (C=O) groups is 1. The van der Waals surface area contributed by atoms with E-state index in [0.29, 0.717) is 5.82 Å². The molecular weight excluding hydrogens is 322 g/mol. The van der Waals surface area contributed by atoms with E-state index in [2.05, 4.69) is 36.8 Å². The van der Waals surface area contributed by atoms with E-state index in [-0.39, 0.29) is 17.9 Å². The molecule has 1 atom stereocenters. The minimum Gasteiger partial charge on any atom is -0.346 e. The van der Waals surface area contributed by atoms with Crippen LogP contribution in [0.25, 0.3) is 5.69 Å². The maximum Gasteiger partial charge on any atom is 0.223 e. The Morgan fingerprint density at radius 2 is 2.30 bits per heavy atom. The molecule has 1 amide bonds. The quantitative estimate of drug-likeness (QED) is 0.927. The number of carbonyl (C=O) groups excluding carboxylic acids is 1. The molecule has 1 aromatic heterocycles. The monoisotopic (exact) mass is 335 g/mol. The van der Waals surface area contributed by atoms with E-state index in [0.717, 1.165) is 23.0 Å². The van der Waals surface area contributed by atoms with Crippen molar-refractivity contribution in [2.75, 3.05) is 0 Å². The molecule has 1 aliphatic carbocycles. The van der Waals surface area contributed by atoms with Crippen molar-refractivity contribution >= 4 is 21.8 Å². The van der Waals surface area contributed by atoms with E-state index in [1.807, 2.05) is 31.2 Å². The standard InChI is InChI=1S/C13H14BrN5O/c1-8(15-13(20)9-5-6-9)12-16-17-18-19(12)11-4-2-3-10(14)7-11/h2-4,7-9H,5-6H2,1H3,(H,15,20). The maximum atomic E-state index is 11.8. The fourth-order valence-electron chi connectivity index (χ4n) is 2.00. The van der Waals surface area contributed by atoms with Gasteiger partial charge in [0.25, 0.3) is 0 Å². The Bertz CT molecular complexity index is 637. The first kappa shape index (κ1) is 13.2. The number of nitrogens with zero attached hydrogens (tertiary/aromatic N) is 4. The van der Waals surface area contributed by atoms with Gasteiger partial charge in [-0.25, -0.2) is 0 Å². The topological polar surface area (TPSA) is 72.7 Å². The predicted octanol–water partition coefficient (Wildman–Crippen LogP) is 2.01. The zero-order valence-corrected chi connectivity index (χ0v) is 12.5. The molecule has 6 nitrogen and oxygen atoms in total. The lowest BCUT2D eigenvalue weighted by Crippen LogP contribution is -2.29. The van der Waals surface area contributed by atoms with Crippen LogP contribution in [-0.2, 0) is 4.79 Å². The van der Waals surface area contributed by atoms with Crippen LogP contribution in [-0.4, -0.2) is 26.1 Å². The predicted molar refractivity (Wildman–Crippen MR) is 76.1 cm³/mol. The Morgan fingerprint density at radius 3 is 3.00 bits per heavy atom. The molecule has 1 heterocycles. The van der Waals surface area contributed by atoms with Crippen LogP contribution in [0.5, 0.6) is 0 Å². The Morgan fingerprint density at radius 1 is 1.50 bits per heavy atom. The summed E-state index contributed by atoms with van der Waals surface area (Å²) in [6.45, 7) is 1.89. The number of amides is 1. The summed E-state index contributed by atoms with van der Waals surface area (Å²) in [5.41, 5.74) is 0.854. The van der Waals surface area contributed by atoms with Gasteiger partial charge in [0.05, 0.1) is 11.7 Å². The van der Waals surface area contributed by atoms with Gasteiger partial charge in [-0.1, -0.05) is 22.0 Å². The summed E-state index contributed by atoms with van der Waals surface area (Å²) < 4.78 is 2.59. The first-order chi connectivity index (χ1) is 9.65. The molecule has 0 radical (unpaired) electrons. The van der Waals surface area contributed by atoms with Gasteiger partial charge in [0.2, 0.25) is 5.91 Å². The molecule has 1 N–H and O–H groups in total. The van der Waals surface area contributed by atoms with Gasteiger partial charge < -0.3 is 5.32 Å². The van der Waals surface area contributed by atoms with E-state index in [9.17, 15) is 4.79 Å². The number of aromatic nitrogens is 4. The second kappa shape index (κ2) is 5.32. The number of hydrogen-bond acceptors (Lipinski definition) is 4. The van der Waals surface area contributed by atoms with Crippen LogP contribution >= 0.6 is 15.9 Å². The van der Waals surface area contributed by atoms with E-state index >= 15 is 0 Å². The molecule has 0 aliphatic heterocycles. The summed E-state index contributed by atoms with van der Waals surface area (Å²) in [5.74, 6) is 0.881. The third-order valence-electron chi connectivity index (χ3n) is 3.24. The van der Waals surface area contributed by atoms with Crippen molar-refractivity contribution in [2.45, 2.75) is 25.8 Å². The highest BCUT2D eigenvalue weighted by Gasteiger charge is 2.31. The van der Waals surface area contributed by atoms with Gasteiger partial charge in [-0.05, 0) is 48.4 Å². The van der Waals surface area contributed by atoms with Gasteiger partial charge in [0.15, 0.2) is 5.82 Å². The van der Waals surface area contributed by atoms with Gasteiger partial charge in [-0.15, -0.1) is 5.10 Å². The van der Waals surface area contributed by atoms with E-state index in [1.54, 1.807) is 4.68 Å². The highest BCUT2D eigenvalue weighted by molar-refractivity contribution is 9.10. The number of hydrogen-bond donors (Lipinski definition) is 1. The number of halogens is 1. The zero-order valence-electron chi connectivity index (χ0n) is 11.0. The summed E-state index contributed by atoms with van der Waals surface area (Å²) in [6.07, 6.45) is 1.96. The Labute approximate surface area is 124 Å². The lowest BCUT2D eigenvalue weighted by Gasteiger charge is -2.13. The number of tetrazole rings is 1. The summed E-state index contributed by atoms with van der Waals surface area (Å²) in [5, 5.41) is 14.7. The summed E-state index contributed by atoms with van der Waals surface area (Å²) in [6, 6.07) is 7.47. The highest BCUT2D eigenvalue weighted by atomic mass is 79.9. The van der Waals surface area contributed by atoms with Crippen LogP contribution in [0.1, 0.15) is 31.6 Å². The normalized spacial score (nSPS) is 15.9. The molecule has 104 valence electrons. The minimum atomic E-state index is -0.225. The highest BCUT2D eigenvalue weighted by Crippen LogP contribution is 2.29. The third-order valence-corrected chi connectivity index (χ3v) is 3.73. The summed E-state index contributed by atoms with van der Waals surface area (Å²) >= 11 is 3.43. The van der Waals surface area contributed by atoms with Crippen molar-refractivity contribution in [3.63, 3.8) is 0 Å². The smallest absolute Gasteiger partial charge is 0.223 e. The van der Waals surface area contributed by atoms with Gasteiger partial charge in [-0.2, -0.15) is 4.68 Å². The molecule has 1 unspecified atom stereocenters. The SMILES string of the molecule is CC(NC(=O)C1CC1)c1nnnn1-c1cccc(Br)c1. The number of rotatable bonds is 4. The summed E-state index contributed by atoms with van der Waals surface area (Å²) in [4.78, 5) is 11.8. The molecule has 1 aromatic carbocycles. The van der Waals surface area contributed by atoms with Crippen molar-refractivity contribution in [3.8, 4) is 5.69 Å². The Balaban J connectivity index is 1.83. The molecule has 0 saturated heterocycles. The molecule has 1 fully saturated rings. The number of benzene rings is 1. The van der Waals surface area contributed by atoms with Crippen LogP contribution < -0.4 is 5.32 Å². The molecular formula is C13H14BrN5O. The molecule has 3 rings (SSSR count). The van der Waals surface area contributed by atoms with E-state index in [1.165, 1.54) is 0 Å². The van der Waals surface area contributed by atoms with Gasteiger partial charge in [-0.3, -0.25) is 4.79 Å². The van der Waals surface area contributed by atoms with Crippen molar-refractivity contribution in [3.05, 3.63) is 34.6 Å². The molecule has 0 spiro atoms. The van der Waals surface area contributed by atoms with Crippen LogP contribution in [0.3, 0.4) is 0 Å². The van der Waals surface area contributed by atoms with Crippen molar-refractivity contribution < 1.29 is 4.79 Å². The van der Waals surface area contributed by atoms with Gasteiger partial charge in [0.1, 0.15) is 0 Å². The second-order valence-electron chi connectivity index (χ2n) is 4.93. The maximum absolute atomic E-state index is 11.8. The molecule has 2 aromatic rings. The van der Waals surface area contributed by atoms with Crippen LogP contribution in [0.15, 0.2) is 28.7 Å². The van der Waals surface area contributed by atoms with E-state index < -0.39 is 0 Å². The molecule has 1 aliphatic rings. The Kier molecular flexibility index (Phi) is 3.52. The minimum absolute atomic E-state index is 0.0845. The molecule has 1 saturated carbocycles. The molecule has 20 heavy (non-hydrogen) atoms. The lowest BCUT2D eigenvalue weighted by molar-refractivity contribution is -0.123. The van der Waals surface area contributed by atoms with Crippen molar-refractivity contribution in [1.29, 1.82) is 0 Å². The molecule has 0 bridgehead atoms. The third kappa shape index (κ3) is 2.72. The average molecular weight is 336 g/mol. The average Bonchev–Trinajstić information content (AvgIpc) is 3.15. The zero-order chi connectivity index (χ0) is 14.1. The first-order valence-electron chi connectivity index (χ1n) is 6.50. The van der Waals surface area contributed by atoms with Crippen LogP contribution in [0.2, 0.25) is 0 Å². The van der Waals surface area contributed by atoms with Crippen LogP contribution in [0, 0.1) is 5.92 Å². The van der Waals surface area contributed by atoms with Crippen molar-refractivity contribution in [2.24, 2.45) is 5.92 Å². The second-order valence-corrected chi connectivity index (χ2v) is 5.85. The van der Waals surface area contributed by atoms with E-state index in [4.69, 9.17) is 0 Å². The Hall–Kier alpha value is -1.76. The fourth-order valence-corrected chi connectivity index (χ4v) is 2.38. The number of nitrogens with one attached hydrogen (secondary N) is 1. The van der Waals surface area contributed by atoms with Gasteiger partial charge >= 0.3 is 0 Å². The van der Waals surface area contributed by atoms with Crippen LogP contribution in [0.4, 0.5) is 0 Å². The molecule has 7 heteroatoms. The first-order valence-corrected chi connectivity index (χ1v) is 7.29. The lowest BCUT2D eigenvalue weighted by atomic mass is 10.2. The fraction of sp³-hybridized carbons (Fsp3) is 0.385. The summed E-state index contributed by atoms with van der Waals surface area (Å²) in [7, 11) is 0.